The van der Waals surface area contributed by atoms with E-state index in [1.54, 1.807) is 6.92 Å². The van der Waals surface area contributed by atoms with E-state index in [4.69, 9.17) is 14.6 Å². The molecule has 0 aromatic rings. The summed E-state index contributed by atoms with van der Waals surface area (Å²) in [6.45, 7) is 16.6. The number of rotatable bonds is 30. The van der Waals surface area contributed by atoms with E-state index < -0.39 is 11.9 Å². The molecule has 0 radical (unpaired) electrons. The van der Waals surface area contributed by atoms with Gasteiger partial charge in [-0.05, 0) is 32.1 Å². The van der Waals surface area contributed by atoms with E-state index in [1.807, 2.05) is 0 Å². The third kappa shape index (κ3) is 37.7. The third-order valence-electron chi connectivity index (χ3n) is 7.65. The van der Waals surface area contributed by atoms with Gasteiger partial charge in [-0.2, -0.15) is 0 Å². The second kappa shape index (κ2) is 34.5. The van der Waals surface area contributed by atoms with Crippen LogP contribution in [0.3, 0.4) is 0 Å². The van der Waals surface area contributed by atoms with Crippen molar-refractivity contribution in [3.05, 3.63) is 36.5 Å². The van der Waals surface area contributed by atoms with Gasteiger partial charge < -0.3 is 14.6 Å². The Morgan fingerprint density at radius 2 is 1.00 bits per heavy atom. The number of allylic oxidation sites excluding steroid dienone is 1. The van der Waals surface area contributed by atoms with Crippen molar-refractivity contribution in [3.63, 3.8) is 0 Å². The quantitative estimate of drug-likeness (QED) is 0.0480. The molecular formula is C39H70O6. The summed E-state index contributed by atoms with van der Waals surface area (Å²) in [5.41, 5.74) is 0.774. The van der Waals surface area contributed by atoms with Gasteiger partial charge in [0.2, 0.25) is 0 Å². The van der Waals surface area contributed by atoms with Crippen molar-refractivity contribution >= 4 is 17.9 Å². The van der Waals surface area contributed by atoms with E-state index in [0.29, 0.717) is 24.4 Å². The fraction of sp³-hybridized carbons (Fsp3) is 0.769. The van der Waals surface area contributed by atoms with Crippen LogP contribution in [0.1, 0.15) is 175 Å². The largest absolute Gasteiger partial charge is 0.478 e. The van der Waals surface area contributed by atoms with Gasteiger partial charge in [0.1, 0.15) is 0 Å². The van der Waals surface area contributed by atoms with Gasteiger partial charge >= 0.3 is 17.9 Å². The highest BCUT2D eigenvalue weighted by Gasteiger charge is 2.07. The van der Waals surface area contributed by atoms with Gasteiger partial charge in [0.05, 0.1) is 13.2 Å². The van der Waals surface area contributed by atoms with Crippen LogP contribution in [0.25, 0.3) is 0 Å². The fourth-order valence-corrected chi connectivity index (χ4v) is 4.78. The maximum absolute atomic E-state index is 11.7. The molecule has 0 unspecified atom stereocenters. The van der Waals surface area contributed by atoms with Crippen LogP contribution in [0.4, 0.5) is 0 Å². The molecule has 0 heterocycles. The SMILES string of the molecule is C=C(C)C(=O)OCCCCCCCC(C)C.C=C(CC=CC(=O)O)C(=O)OCCCCCCCCCCCCCCCCCC. The first-order chi connectivity index (χ1) is 21.6. The predicted molar refractivity (Wildman–Crippen MR) is 189 cm³/mol. The topological polar surface area (TPSA) is 89.9 Å². The summed E-state index contributed by atoms with van der Waals surface area (Å²) < 4.78 is 10.2. The van der Waals surface area contributed by atoms with Gasteiger partial charge in [0.15, 0.2) is 0 Å². The maximum atomic E-state index is 11.7. The molecule has 0 bridgehead atoms. The number of carbonyl (C=O) groups excluding carboxylic acids is 2. The summed E-state index contributed by atoms with van der Waals surface area (Å²) in [6, 6.07) is 0. The van der Waals surface area contributed by atoms with Gasteiger partial charge in [-0.3, -0.25) is 0 Å². The average molecular weight is 635 g/mol. The first kappa shape index (κ1) is 44.8. The lowest BCUT2D eigenvalue weighted by atomic mass is 10.0. The molecule has 0 spiro atoms. The minimum Gasteiger partial charge on any atom is -0.478 e. The molecule has 0 aromatic heterocycles. The molecule has 6 heteroatoms. The van der Waals surface area contributed by atoms with Crippen LogP contribution in [-0.2, 0) is 23.9 Å². The van der Waals surface area contributed by atoms with Crippen LogP contribution >= 0.6 is 0 Å². The second-order valence-electron chi connectivity index (χ2n) is 12.9. The first-order valence-corrected chi connectivity index (χ1v) is 18.2. The fourth-order valence-electron chi connectivity index (χ4n) is 4.78. The lowest BCUT2D eigenvalue weighted by molar-refractivity contribution is -0.140. The number of carboxylic acids is 1. The first-order valence-electron chi connectivity index (χ1n) is 18.2. The molecule has 45 heavy (non-hydrogen) atoms. The van der Waals surface area contributed by atoms with E-state index in [0.717, 1.165) is 37.7 Å². The Bertz CT molecular complexity index is 782. The molecule has 0 rings (SSSR count). The van der Waals surface area contributed by atoms with Crippen molar-refractivity contribution in [2.45, 2.75) is 175 Å². The minimum atomic E-state index is -1.03. The summed E-state index contributed by atoms with van der Waals surface area (Å²) >= 11 is 0. The zero-order chi connectivity index (χ0) is 34.0. The van der Waals surface area contributed by atoms with Crippen LogP contribution < -0.4 is 0 Å². The van der Waals surface area contributed by atoms with Crippen LogP contribution in [0.5, 0.6) is 0 Å². The number of carbonyl (C=O) groups is 3. The van der Waals surface area contributed by atoms with Crippen molar-refractivity contribution in [2.75, 3.05) is 13.2 Å². The molecule has 0 saturated heterocycles. The Labute approximate surface area is 277 Å². The van der Waals surface area contributed by atoms with Crippen molar-refractivity contribution < 1.29 is 29.0 Å². The maximum Gasteiger partial charge on any atom is 0.333 e. The number of hydrogen-bond acceptors (Lipinski definition) is 5. The van der Waals surface area contributed by atoms with E-state index in [-0.39, 0.29) is 12.4 Å². The summed E-state index contributed by atoms with van der Waals surface area (Å²) in [5.74, 6) is -0.906. The molecule has 0 aliphatic heterocycles. The Kier molecular flexibility index (Phi) is 34.3. The van der Waals surface area contributed by atoms with Crippen LogP contribution in [0.2, 0.25) is 0 Å². The lowest BCUT2D eigenvalue weighted by Gasteiger charge is -2.06. The Balaban J connectivity index is 0. The molecule has 6 nitrogen and oxygen atoms in total. The Morgan fingerprint density at radius 1 is 0.622 bits per heavy atom. The smallest absolute Gasteiger partial charge is 0.333 e. The second-order valence-corrected chi connectivity index (χ2v) is 12.9. The van der Waals surface area contributed by atoms with Gasteiger partial charge in [-0.25, -0.2) is 14.4 Å². The molecule has 0 saturated carbocycles. The van der Waals surface area contributed by atoms with Crippen molar-refractivity contribution in [3.8, 4) is 0 Å². The van der Waals surface area contributed by atoms with Crippen molar-refractivity contribution in [2.24, 2.45) is 5.92 Å². The van der Waals surface area contributed by atoms with E-state index in [9.17, 15) is 14.4 Å². The Hall–Kier alpha value is -2.37. The van der Waals surface area contributed by atoms with E-state index in [2.05, 4.69) is 33.9 Å². The highest BCUT2D eigenvalue weighted by atomic mass is 16.5. The molecule has 0 fully saturated rings. The number of carboxylic acid groups (broad SMARTS) is 1. The van der Waals surface area contributed by atoms with Gasteiger partial charge in [-0.15, -0.1) is 0 Å². The Morgan fingerprint density at radius 3 is 1.38 bits per heavy atom. The monoisotopic (exact) mass is 635 g/mol. The van der Waals surface area contributed by atoms with Crippen LogP contribution in [-0.4, -0.2) is 36.2 Å². The van der Waals surface area contributed by atoms with Gasteiger partial charge in [0, 0.05) is 17.2 Å². The van der Waals surface area contributed by atoms with Crippen molar-refractivity contribution in [1.29, 1.82) is 0 Å². The highest BCUT2D eigenvalue weighted by molar-refractivity contribution is 5.88. The molecule has 262 valence electrons. The summed E-state index contributed by atoms with van der Waals surface area (Å²) in [6.07, 6.45) is 31.0. The molecule has 0 aliphatic rings. The van der Waals surface area contributed by atoms with E-state index in [1.165, 1.54) is 122 Å². The highest BCUT2D eigenvalue weighted by Crippen LogP contribution is 2.14. The summed E-state index contributed by atoms with van der Waals surface area (Å²) in [4.78, 5) is 33.1. The van der Waals surface area contributed by atoms with Gasteiger partial charge in [-0.1, -0.05) is 168 Å². The normalized spacial score (nSPS) is 10.9. The van der Waals surface area contributed by atoms with Gasteiger partial charge in [0.25, 0.3) is 0 Å². The minimum absolute atomic E-state index is 0.212. The number of aliphatic carboxylic acids is 1. The summed E-state index contributed by atoms with van der Waals surface area (Å²) in [7, 11) is 0. The van der Waals surface area contributed by atoms with E-state index >= 15 is 0 Å². The molecule has 0 aromatic carbocycles. The van der Waals surface area contributed by atoms with Crippen molar-refractivity contribution in [1.82, 2.24) is 0 Å². The number of hydrogen-bond donors (Lipinski definition) is 1. The number of unbranched alkanes of at least 4 members (excludes halogenated alkanes) is 19. The number of esters is 2. The molecule has 0 atom stereocenters. The number of ether oxygens (including phenoxy) is 2. The zero-order valence-corrected chi connectivity index (χ0v) is 29.8. The zero-order valence-electron chi connectivity index (χ0n) is 29.8. The van der Waals surface area contributed by atoms with Crippen LogP contribution in [0, 0.1) is 5.92 Å². The molecule has 1 N–H and O–H groups in total. The molecule has 0 amide bonds. The summed E-state index contributed by atoms with van der Waals surface area (Å²) in [5, 5.41) is 8.50. The third-order valence-corrected chi connectivity index (χ3v) is 7.65. The standard InChI is InChI=1S/C25H44O4.C14H26O2/c1-3-4-5-6-7-8-9-10-11-12-13-14-15-16-17-18-22-29-25(28)23(2)20-19-21-24(26)27;1-12(2)10-8-6-5-7-9-11-16-14(15)13(3)4/h19,21H,2-18,20,22H2,1H3,(H,26,27);12H,3,5-11H2,1-2,4H3. The van der Waals surface area contributed by atoms with Crippen LogP contribution in [0.15, 0.2) is 36.5 Å². The average Bonchev–Trinajstić information content (AvgIpc) is 2.99. The predicted octanol–water partition coefficient (Wildman–Crippen LogP) is 11.5. The lowest BCUT2D eigenvalue weighted by Crippen LogP contribution is -2.08. The molecule has 0 aliphatic carbocycles. The molecular weight excluding hydrogens is 564 g/mol.